The van der Waals surface area contributed by atoms with E-state index in [2.05, 4.69) is 10.4 Å². The summed E-state index contributed by atoms with van der Waals surface area (Å²) in [5, 5.41) is 18.3. The van der Waals surface area contributed by atoms with Crippen molar-refractivity contribution in [3.05, 3.63) is 64.7 Å². The van der Waals surface area contributed by atoms with Gasteiger partial charge in [0.15, 0.2) is 6.04 Å². The van der Waals surface area contributed by atoms with Crippen LogP contribution in [0.4, 0.5) is 10.5 Å². The van der Waals surface area contributed by atoms with Gasteiger partial charge in [-0.05, 0) is 24.3 Å². The van der Waals surface area contributed by atoms with E-state index in [1.54, 1.807) is 24.3 Å². The second kappa shape index (κ2) is 7.35. The van der Waals surface area contributed by atoms with Crippen molar-refractivity contribution >= 4 is 23.8 Å². The molecular weight excluding hydrogens is 392 g/mol. The summed E-state index contributed by atoms with van der Waals surface area (Å²) in [4.78, 5) is 38.5. The lowest BCUT2D eigenvalue weighted by molar-refractivity contribution is -0.384. The third-order valence-corrected chi connectivity index (χ3v) is 4.92. The zero-order valence-corrected chi connectivity index (χ0v) is 16.1. The smallest absolute Gasteiger partial charge is 0.345 e. The molecule has 11 nitrogen and oxygen atoms in total. The monoisotopic (exact) mass is 410 g/mol. The quantitative estimate of drug-likeness (QED) is 0.345. The molecule has 154 valence electrons. The summed E-state index contributed by atoms with van der Waals surface area (Å²) in [5.41, 5.74) is 0.645. The van der Waals surface area contributed by atoms with E-state index >= 15 is 0 Å². The maximum atomic E-state index is 12.3. The van der Waals surface area contributed by atoms with E-state index in [4.69, 9.17) is 4.42 Å². The van der Waals surface area contributed by atoms with Gasteiger partial charge >= 0.3 is 6.03 Å². The summed E-state index contributed by atoms with van der Waals surface area (Å²) >= 11 is 0. The van der Waals surface area contributed by atoms with Gasteiger partial charge in [0, 0.05) is 44.2 Å². The van der Waals surface area contributed by atoms with Crippen LogP contribution < -0.4 is 5.32 Å². The van der Waals surface area contributed by atoms with Crippen LogP contribution in [-0.4, -0.2) is 64.2 Å². The number of rotatable bonds is 5. The summed E-state index contributed by atoms with van der Waals surface area (Å²) in [6.07, 6.45) is 4.58. The summed E-state index contributed by atoms with van der Waals surface area (Å²) in [7, 11) is 3.62. The second-order valence-corrected chi connectivity index (χ2v) is 6.88. The van der Waals surface area contributed by atoms with Crippen molar-refractivity contribution in [1.29, 1.82) is 0 Å². The van der Waals surface area contributed by atoms with E-state index in [1.807, 2.05) is 36.3 Å². The molecule has 1 fully saturated rings. The minimum absolute atomic E-state index is 0.0146. The Morgan fingerprint density at radius 3 is 2.40 bits per heavy atom. The number of urea groups is 1. The number of hydrogen-bond acceptors (Lipinski definition) is 8. The van der Waals surface area contributed by atoms with Gasteiger partial charge in [0.2, 0.25) is 0 Å². The summed E-state index contributed by atoms with van der Waals surface area (Å²) < 4.78 is 5.70. The first-order valence-electron chi connectivity index (χ1n) is 9.00. The molecule has 2 aromatic rings. The van der Waals surface area contributed by atoms with Crippen LogP contribution in [0.3, 0.4) is 0 Å². The van der Waals surface area contributed by atoms with Crippen molar-refractivity contribution in [1.82, 2.24) is 20.1 Å². The van der Waals surface area contributed by atoms with E-state index in [0.29, 0.717) is 17.1 Å². The molecule has 0 radical (unpaired) electrons. The number of non-ortho nitro benzene ring substituents is 1. The summed E-state index contributed by atoms with van der Waals surface area (Å²) in [6.45, 7) is 0. The van der Waals surface area contributed by atoms with Crippen molar-refractivity contribution in [2.24, 2.45) is 5.10 Å². The zero-order valence-electron chi connectivity index (χ0n) is 16.1. The first-order chi connectivity index (χ1) is 14.3. The Hall–Kier alpha value is -4.15. The maximum absolute atomic E-state index is 12.3. The number of nitro benzene ring substituents is 1. The van der Waals surface area contributed by atoms with Crippen LogP contribution in [0, 0.1) is 10.1 Å². The number of amides is 3. The van der Waals surface area contributed by atoms with Crippen molar-refractivity contribution in [3.8, 4) is 11.3 Å². The molecular formula is C19H18N6O5. The van der Waals surface area contributed by atoms with Crippen LogP contribution in [0.15, 0.2) is 58.3 Å². The molecule has 1 aromatic carbocycles. The van der Waals surface area contributed by atoms with Crippen LogP contribution in [0.1, 0.15) is 5.76 Å². The number of nitro groups is 1. The van der Waals surface area contributed by atoms with E-state index in [0.717, 1.165) is 5.01 Å². The SMILES string of the molecule is CN1C=CN(C)C1C1C(=O)NC(=O)N1N=Cc1ccc(-c2ccc([N+](=O)[O-])cc2)o1. The minimum atomic E-state index is -0.831. The number of furan rings is 1. The molecule has 30 heavy (non-hydrogen) atoms. The Morgan fingerprint density at radius 2 is 1.77 bits per heavy atom. The summed E-state index contributed by atoms with van der Waals surface area (Å²) in [6, 6.07) is 7.84. The minimum Gasteiger partial charge on any atom is -0.455 e. The second-order valence-electron chi connectivity index (χ2n) is 6.88. The molecule has 11 heteroatoms. The van der Waals surface area contributed by atoms with E-state index in [1.165, 1.54) is 18.3 Å². The van der Waals surface area contributed by atoms with Gasteiger partial charge in [-0.3, -0.25) is 20.2 Å². The highest BCUT2D eigenvalue weighted by molar-refractivity contribution is 6.04. The lowest BCUT2D eigenvalue weighted by Crippen LogP contribution is -2.52. The van der Waals surface area contributed by atoms with Gasteiger partial charge in [-0.15, -0.1) is 0 Å². The number of likely N-dealkylation sites (N-methyl/N-ethyl adjacent to an activating group) is 2. The predicted molar refractivity (Wildman–Crippen MR) is 106 cm³/mol. The maximum Gasteiger partial charge on any atom is 0.345 e. The standard InChI is InChI=1S/C19H18N6O5/c1-22-9-10-23(2)18(22)16-17(26)21-19(27)24(16)20-11-14-7-8-15(30-14)12-3-5-13(6-4-12)25(28)29/h3-11,16,18H,1-2H3,(H,21,26,27). The molecule has 1 N–H and O–H groups in total. The predicted octanol–water partition coefficient (Wildman–Crippen LogP) is 1.78. The lowest BCUT2D eigenvalue weighted by atomic mass is 10.1. The fraction of sp³-hybridized carbons (Fsp3) is 0.211. The van der Waals surface area contributed by atoms with Gasteiger partial charge in [-0.2, -0.15) is 10.1 Å². The fourth-order valence-corrected chi connectivity index (χ4v) is 3.42. The van der Waals surface area contributed by atoms with E-state index in [9.17, 15) is 19.7 Å². The van der Waals surface area contributed by atoms with Crippen molar-refractivity contribution in [3.63, 3.8) is 0 Å². The van der Waals surface area contributed by atoms with Crippen LogP contribution in [-0.2, 0) is 4.79 Å². The Balaban J connectivity index is 1.53. The zero-order chi connectivity index (χ0) is 21.4. The number of carbonyl (C=O) groups excluding carboxylic acids is 2. The van der Waals surface area contributed by atoms with Crippen LogP contribution in [0.25, 0.3) is 11.3 Å². The normalized spacial score (nSPS) is 19.4. The molecule has 2 aliphatic rings. The largest absolute Gasteiger partial charge is 0.455 e. The first kappa shape index (κ1) is 19.2. The number of hydrazone groups is 1. The number of carbonyl (C=O) groups is 2. The van der Waals surface area contributed by atoms with E-state index < -0.39 is 22.9 Å². The third-order valence-electron chi connectivity index (χ3n) is 4.92. The molecule has 2 aliphatic heterocycles. The topological polar surface area (TPSA) is 125 Å². The third kappa shape index (κ3) is 3.36. The molecule has 0 saturated carbocycles. The highest BCUT2D eigenvalue weighted by Crippen LogP contribution is 2.25. The molecule has 1 atom stereocenters. The van der Waals surface area contributed by atoms with Gasteiger partial charge in [-0.1, -0.05) is 0 Å². The number of benzene rings is 1. The van der Waals surface area contributed by atoms with Crippen LogP contribution >= 0.6 is 0 Å². The Morgan fingerprint density at radius 1 is 1.10 bits per heavy atom. The van der Waals surface area contributed by atoms with Gasteiger partial charge in [0.05, 0.1) is 11.1 Å². The average molecular weight is 410 g/mol. The van der Waals surface area contributed by atoms with Gasteiger partial charge in [-0.25, -0.2) is 4.79 Å². The fourth-order valence-electron chi connectivity index (χ4n) is 3.42. The molecule has 4 rings (SSSR count). The molecule has 1 saturated heterocycles. The number of imide groups is 1. The first-order valence-corrected chi connectivity index (χ1v) is 9.00. The Kier molecular flexibility index (Phi) is 4.70. The Labute approximate surface area is 171 Å². The van der Waals surface area contributed by atoms with Gasteiger partial charge in [0.1, 0.15) is 17.7 Å². The summed E-state index contributed by atoms with van der Waals surface area (Å²) in [5.74, 6) is 0.417. The highest BCUT2D eigenvalue weighted by atomic mass is 16.6. The average Bonchev–Trinajstić information content (AvgIpc) is 3.39. The van der Waals surface area contributed by atoms with Crippen molar-refractivity contribution in [2.75, 3.05) is 14.1 Å². The Bertz CT molecular complexity index is 1050. The molecule has 0 spiro atoms. The number of nitrogens with one attached hydrogen (secondary N) is 1. The van der Waals surface area contributed by atoms with E-state index in [-0.39, 0.29) is 11.9 Å². The van der Waals surface area contributed by atoms with Gasteiger partial charge < -0.3 is 14.2 Å². The molecule has 3 amide bonds. The molecule has 1 unspecified atom stereocenters. The van der Waals surface area contributed by atoms with Gasteiger partial charge in [0.25, 0.3) is 11.6 Å². The van der Waals surface area contributed by atoms with Crippen molar-refractivity contribution in [2.45, 2.75) is 12.2 Å². The highest BCUT2D eigenvalue weighted by Gasteiger charge is 2.47. The number of hydrogen-bond donors (Lipinski definition) is 1. The number of nitrogens with zero attached hydrogens (tertiary/aromatic N) is 5. The molecule has 1 aromatic heterocycles. The lowest BCUT2D eigenvalue weighted by Gasteiger charge is -2.33. The molecule has 3 heterocycles. The molecule has 0 aliphatic carbocycles. The van der Waals surface area contributed by atoms with Crippen LogP contribution in [0.5, 0.6) is 0 Å². The van der Waals surface area contributed by atoms with Crippen molar-refractivity contribution < 1.29 is 18.9 Å². The molecule has 0 bridgehead atoms. The van der Waals surface area contributed by atoms with Crippen LogP contribution in [0.2, 0.25) is 0 Å².